The van der Waals surface area contributed by atoms with Gasteiger partial charge in [-0.2, -0.15) is 0 Å². The predicted octanol–water partition coefficient (Wildman–Crippen LogP) is 6.09. The molecule has 4 rings (SSSR count). The zero-order chi connectivity index (χ0) is 24.8. The number of nitrogens with one attached hydrogen (secondary N) is 2. The van der Waals surface area contributed by atoms with Crippen LogP contribution in [-0.4, -0.2) is 33.7 Å². The zero-order valence-electron chi connectivity index (χ0n) is 19.4. The Kier molecular flexibility index (Phi) is 7.75. The van der Waals surface area contributed by atoms with Crippen molar-refractivity contribution < 1.29 is 17.3 Å². The van der Waals surface area contributed by atoms with Gasteiger partial charge in [-0.3, -0.25) is 5.41 Å². The highest BCUT2D eigenvalue weighted by molar-refractivity contribution is 8.07. The van der Waals surface area contributed by atoms with Crippen LogP contribution in [0.2, 0.25) is 0 Å². The van der Waals surface area contributed by atoms with E-state index in [2.05, 4.69) is 5.32 Å². The van der Waals surface area contributed by atoms with Gasteiger partial charge in [-0.05, 0) is 48.7 Å². The quantitative estimate of drug-likeness (QED) is 0.124. The van der Waals surface area contributed by atoms with Gasteiger partial charge >= 0.3 is 0 Å². The van der Waals surface area contributed by atoms with Crippen LogP contribution >= 0.6 is 12.0 Å². The van der Waals surface area contributed by atoms with Gasteiger partial charge in [0, 0.05) is 40.6 Å². The number of sulfone groups is 1. The first kappa shape index (κ1) is 24.8. The minimum Gasteiger partial charge on any atom is -0.491 e. The second kappa shape index (κ2) is 10.9. The Balaban J connectivity index is 1.49. The maximum atomic E-state index is 13.5. The minimum absolute atomic E-state index is 0.107. The van der Waals surface area contributed by atoms with Crippen molar-refractivity contribution in [1.29, 1.82) is 5.41 Å². The van der Waals surface area contributed by atoms with Crippen molar-refractivity contribution in [2.75, 3.05) is 25.6 Å². The van der Waals surface area contributed by atoms with Crippen molar-refractivity contribution in [2.24, 2.45) is 0 Å². The monoisotopic (exact) mass is 506 g/mol. The van der Waals surface area contributed by atoms with Crippen LogP contribution in [0.25, 0.3) is 10.8 Å². The van der Waals surface area contributed by atoms with E-state index in [-0.39, 0.29) is 17.1 Å². The molecule has 0 radical (unpaired) electrons. The molecule has 0 amide bonds. The van der Waals surface area contributed by atoms with Crippen LogP contribution in [0.4, 0.5) is 5.69 Å². The van der Waals surface area contributed by atoms with Crippen molar-refractivity contribution in [3.8, 4) is 5.75 Å². The summed E-state index contributed by atoms with van der Waals surface area (Å²) in [6, 6.07) is 25.4. The molecule has 2 N–H and O–H groups in total. The fraction of sp³-hybridized carbons (Fsp3) is 0.148. The molecule has 4 aromatic carbocycles. The van der Waals surface area contributed by atoms with E-state index in [9.17, 15) is 8.42 Å². The molecule has 0 aliphatic carbocycles. The third-order valence-corrected chi connectivity index (χ3v) is 7.87. The lowest BCUT2D eigenvalue weighted by molar-refractivity contribution is 0.239. The second-order valence-corrected chi connectivity index (χ2v) is 10.6. The number of rotatable bonds is 9. The highest BCUT2D eigenvalue weighted by Crippen LogP contribution is 2.30. The van der Waals surface area contributed by atoms with Crippen molar-refractivity contribution in [3.05, 3.63) is 96.1 Å². The molecule has 4 aromatic rings. The molecule has 0 saturated heterocycles. The Morgan fingerprint density at radius 2 is 1.69 bits per heavy atom. The van der Waals surface area contributed by atoms with Gasteiger partial charge in [0.25, 0.3) is 0 Å². The summed E-state index contributed by atoms with van der Waals surface area (Å²) in [5.74, 6) is 0.459. The van der Waals surface area contributed by atoms with E-state index in [1.807, 2.05) is 49.4 Å². The van der Waals surface area contributed by atoms with Crippen molar-refractivity contribution in [1.82, 2.24) is 0 Å². The van der Waals surface area contributed by atoms with Crippen LogP contribution in [0.1, 0.15) is 11.1 Å². The number of benzene rings is 4. The molecular formula is C27H26N2O4S2. The first-order valence-corrected chi connectivity index (χ1v) is 13.2. The van der Waals surface area contributed by atoms with Crippen molar-refractivity contribution in [2.45, 2.75) is 16.7 Å². The van der Waals surface area contributed by atoms with Crippen LogP contribution in [-0.2, 0) is 14.0 Å². The van der Waals surface area contributed by atoms with Crippen molar-refractivity contribution in [3.63, 3.8) is 0 Å². The van der Waals surface area contributed by atoms with Gasteiger partial charge in [0.1, 0.15) is 12.4 Å². The Morgan fingerprint density at radius 3 is 2.46 bits per heavy atom. The smallest absolute Gasteiger partial charge is 0.224 e. The molecule has 0 saturated carbocycles. The number of hydrogen-bond acceptors (Lipinski definition) is 7. The standard InChI is InChI=1S/C27H26N2O4S2/c1-19-10-13-22(14-11-19)34-33-17-16-32-21-12-15-25(29-2)24(18-21)27(28)35(30,31)26-9-5-7-20-6-3-4-8-23(20)26/h3-15,18,28-29H,16-17H2,1-2H3. The summed E-state index contributed by atoms with van der Waals surface area (Å²) in [6.45, 7) is 2.65. The summed E-state index contributed by atoms with van der Waals surface area (Å²) in [6.07, 6.45) is 0. The third-order valence-electron chi connectivity index (χ3n) is 5.42. The number of anilines is 1. The van der Waals surface area contributed by atoms with Gasteiger partial charge in [-0.1, -0.05) is 54.1 Å². The molecule has 35 heavy (non-hydrogen) atoms. The molecule has 0 fully saturated rings. The summed E-state index contributed by atoms with van der Waals surface area (Å²) >= 11 is 1.28. The van der Waals surface area contributed by atoms with E-state index in [4.69, 9.17) is 14.3 Å². The maximum absolute atomic E-state index is 13.5. The average molecular weight is 507 g/mol. The molecule has 0 unspecified atom stereocenters. The number of ether oxygens (including phenoxy) is 1. The Bertz CT molecular complexity index is 1450. The van der Waals surface area contributed by atoms with Gasteiger partial charge in [-0.15, -0.1) is 0 Å². The number of aryl methyl sites for hydroxylation is 1. The topological polar surface area (TPSA) is 88.5 Å². The molecule has 0 aliphatic heterocycles. The molecule has 180 valence electrons. The summed E-state index contributed by atoms with van der Waals surface area (Å²) in [5, 5.41) is 12.5. The third kappa shape index (κ3) is 5.67. The van der Waals surface area contributed by atoms with Crippen LogP contribution in [0.3, 0.4) is 0 Å². The molecular weight excluding hydrogens is 480 g/mol. The maximum Gasteiger partial charge on any atom is 0.224 e. The lowest BCUT2D eigenvalue weighted by atomic mass is 10.1. The Hall–Kier alpha value is -3.33. The van der Waals surface area contributed by atoms with E-state index in [1.165, 1.54) is 23.7 Å². The van der Waals surface area contributed by atoms with Gasteiger partial charge in [-0.25, -0.2) is 8.42 Å². The van der Waals surface area contributed by atoms with Gasteiger partial charge in [0.05, 0.1) is 11.5 Å². The molecule has 0 aliphatic rings. The molecule has 0 heterocycles. The molecule has 8 heteroatoms. The van der Waals surface area contributed by atoms with E-state index in [0.29, 0.717) is 23.4 Å². The van der Waals surface area contributed by atoms with Crippen LogP contribution in [0, 0.1) is 12.3 Å². The molecule has 0 spiro atoms. The van der Waals surface area contributed by atoms with E-state index in [0.717, 1.165) is 10.3 Å². The largest absolute Gasteiger partial charge is 0.491 e. The Labute approximate surface area is 209 Å². The Morgan fingerprint density at radius 1 is 0.943 bits per heavy atom. The summed E-state index contributed by atoms with van der Waals surface area (Å²) in [5.41, 5.74) is 1.96. The molecule has 0 bridgehead atoms. The SMILES string of the molecule is CNc1ccc(OCCOSc2ccc(C)cc2)cc1C(=N)S(=O)(=O)c1cccc2ccccc12. The highest BCUT2D eigenvalue weighted by atomic mass is 32.2. The van der Waals surface area contributed by atoms with Crippen LogP contribution < -0.4 is 10.1 Å². The fourth-order valence-electron chi connectivity index (χ4n) is 3.60. The average Bonchev–Trinajstić information content (AvgIpc) is 2.88. The minimum atomic E-state index is -4.07. The first-order valence-electron chi connectivity index (χ1n) is 11.0. The van der Waals surface area contributed by atoms with Gasteiger partial charge in [0.15, 0.2) is 5.04 Å². The van der Waals surface area contributed by atoms with Crippen LogP contribution in [0.5, 0.6) is 5.75 Å². The first-order chi connectivity index (χ1) is 16.9. The molecule has 0 atom stereocenters. The van der Waals surface area contributed by atoms with Gasteiger partial charge < -0.3 is 14.2 Å². The second-order valence-electron chi connectivity index (χ2n) is 7.83. The molecule has 0 aromatic heterocycles. The normalized spacial score (nSPS) is 11.4. The number of fused-ring (bicyclic) bond motifs is 1. The van der Waals surface area contributed by atoms with E-state index < -0.39 is 14.9 Å². The lowest BCUT2D eigenvalue weighted by Crippen LogP contribution is -2.17. The zero-order valence-corrected chi connectivity index (χ0v) is 21.1. The predicted molar refractivity (Wildman–Crippen MR) is 142 cm³/mol. The van der Waals surface area contributed by atoms with Crippen LogP contribution in [0.15, 0.2) is 94.7 Å². The summed E-state index contributed by atoms with van der Waals surface area (Å²) < 4.78 is 38.3. The summed E-state index contributed by atoms with van der Waals surface area (Å²) in [4.78, 5) is 1.11. The fourth-order valence-corrected chi connectivity index (χ4v) is 5.55. The molecule has 6 nitrogen and oxygen atoms in total. The van der Waals surface area contributed by atoms with Gasteiger partial charge in [0.2, 0.25) is 9.84 Å². The van der Waals surface area contributed by atoms with Crippen molar-refractivity contribution >= 4 is 43.4 Å². The summed E-state index contributed by atoms with van der Waals surface area (Å²) in [7, 11) is -2.38. The van der Waals surface area contributed by atoms with E-state index >= 15 is 0 Å². The van der Waals surface area contributed by atoms with E-state index in [1.54, 1.807) is 43.4 Å². The highest BCUT2D eigenvalue weighted by Gasteiger charge is 2.26. The lowest BCUT2D eigenvalue weighted by Gasteiger charge is -2.15. The number of hydrogen-bond donors (Lipinski definition) is 2.